The van der Waals surface area contributed by atoms with E-state index in [0.717, 1.165) is 16.9 Å². The van der Waals surface area contributed by atoms with Crippen LogP contribution in [0.5, 0.6) is 5.75 Å². The van der Waals surface area contributed by atoms with Gasteiger partial charge in [-0.15, -0.1) is 0 Å². The summed E-state index contributed by atoms with van der Waals surface area (Å²) < 4.78 is 5.36. The molecule has 0 aliphatic carbocycles. The van der Waals surface area contributed by atoms with Gasteiger partial charge in [0.25, 0.3) is 0 Å². The molecule has 136 valence electrons. The maximum Gasteiger partial charge on any atom is 0.345 e. The lowest BCUT2D eigenvalue weighted by atomic mass is 10.2. The van der Waals surface area contributed by atoms with Crippen LogP contribution >= 0.6 is 11.6 Å². The second-order valence-electron chi connectivity index (χ2n) is 6.11. The van der Waals surface area contributed by atoms with Crippen LogP contribution in [0.3, 0.4) is 0 Å². The SMILES string of the molecule is CN(C)c1ccc(N=Cc2ccc(OC(=O)c3ccccc3Cl)cc2)cc1. The highest BCUT2D eigenvalue weighted by molar-refractivity contribution is 6.33. The van der Waals surface area contributed by atoms with E-state index in [-0.39, 0.29) is 0 Å². The van der Waals surface area contributed by atoms with Crippen molar-refractivity contribution >= 4 is 35.2 Å². The van der Waals surface area contributed by atoms with Crippen LogP contribution in [-0.2, 0) is 0 Å². The van der Waals surface area contributed by atoms with E-state index in [1.165, 1.54) is 0 Å². The highest BCUT2D eigenvalue weighted by atomic mass is 35.5. The Bertz CT molecular complexity index is 949. The number of aliphatic imine (C=N–C) groups is 1. The van der Waals surface area contributed by atoms with Crippen LogP contribution in [0.2, 0.25) is 5.02 Å². The van der Waals surface area contributed by atoms with Gasteiger partial charge in [-0.2, -0.15) is 0 Å². The molecule has 0 saturated heterocycles. The van der Waals surface area contributed by atoms with Gasteiger partial charge in [-0.05, 0) is 66.2 Å². The Labute approximate surface area is 163 Å². The minimum absolute atomic E-state index is 0.339. The Morgan fingerprint density at radius 2 is 1.63 bits per heavy atom. The number of anilines is 1. The normalized spacial score (nSPS) is 10.8. The lowest BCUT2D eigenvalue weighted by Crippen LogP contribution is -2.08. The second-order valence-corrected chi connectivity index (χ2v) is 6.51. The summed E-state index contributed by atoms with van der Waals surface area (Å²) >= 11 is 6.02. The van der Waals surface area contributed by atoms with Crippen LogP contribution in [0.1, 0.15) is 15.9 Å². The van der Waals surface area contributed by atoms with E-state index in [2.05, 4.69) is 4.99 Å². The van der Waals surface area contributed by atoms with Crippen molar-refractivity contribution in [2.24, 2.45) is 4.99 Å². The molecule has 0 unspecified atom stereocenters. The predicted molar refractivity (Wildman–Crippen MR) is 111 cm³/mol. The number of ether oxygens (including phenoxy) is 1. The van der Waals surface area contributed by atoms with E-state index in [9.17, 15) is 4.79 Å². The minimum Gasteiger partial charge on any atom is -0.423 e. The number of hydrogen-bond donors (Lipinski definition) is 0. The zero-order valence-electron chi connectivity index (χ0n) is 15.1. The number of hydrogen-bond acceptors (Lipinski definition) is 4. The van der Waals surface area contributed by atoms with Crippen molar-refractivity contribution in [3.63, 3.8) is 0 Å². The predicted octanol–water partition coefficient (Wildman–Crippen LogP) is 5.38. The largest absolute Gasteiger partial charge is 0.423 e. The molecule has 4 nitrogen and oxygen atoms in total. The first-order chi connectivity index (χ1) is 13.0. The first kappa shape index (κ1) is 18.7. The molecule has 0 fully saturated rings. The molecule has 27 heavy (non-hydrogen) atoms. The van der Waals surface area contributed by atoms with Crippen LogP contribution in [0.15, 0.2) is 77.8 Å². The summed E-state index contributed by atoms with van der Waals surface area (Å²) in [6.45, 7) is 0. The average Bonchev–Trinajstić information content (AvgIpc) is 2.68. The lowest BCUT2D eigenvalue weighted by molar-refractivity contribution is 0.0735. The Morgan fingerprint density at radius 1 is 0.963 bits per heavy atom. The molecule has 5 heteroatoms. The van der Waals surface area contributed by atoms with Crippen LogP contribution in [-0.4, -0.2) is 26.3 Å². The lowest BCUT2D eigenvalue weighted by Gasteiger charge is -2.11. The van der Waals surface area contributed by atoms with E-state index in [1.807, 2.05) is 55.4 Å². The number of benzene rings is 3. The van der Waals surface area contributed by atoms with Crippen molar-refractivity contribution in [1.29, 1.82) is 0 Å². The molecular weight excluding hydrogens is 360 g/mol. The minimum atomic E-state index is -0.483. The maximum absolute atomic E-state index is 12.2. The fourth-order valence-corrected chi connectivity index (χ4v) is 2.61. The van der Waals surface area contributed by atoms with Gasteiger partial charge in [0.05, 0.1) is 16.3 Å². The summed E-state index contributed by atoms with van der Waals surface area (Å²) in [7, 11) is 4.00. The van der Waals surface area contributed by atoms with E-state index in [4.69, 9.17) is 16.3 Å². The molecule has 0 spiro atoms. The standard InChI is InChI=1S/C22H19ClN2O2/c1-25(2)18-11-9-17(10-12-18)24-15-16-7-13-19(14-8-16)27-22(26)20-5-3-4-6-21(20)23/h3-15H,1-2H3. The molecular formula is C22H19ClN2O2. The first-order valence-corrected chi connectivity index (χ1v) is 8.79. The fourth-order valence-electron chi connectivity index (χ4n) is 2.40. The zero-order valence-corrected chi connectivity index (χ0v) is 15.9. The number of halogens is 1. The van der Waals surface area contributed by atoms with Crippen molar-refractivity contribution in [1.82, 2.24) is 0 Å². The summed E-state index contributed by atoms with van der Waals surface area (Å²) in [5, 5.41) is 0.367. The summed E-state index contributed by atoms with van der Waals surface area (Å²) in [6, 6.07) is 21.9. The quantitative estimate of drug-likeness (QED) is 0.340. The van der Waals surface area contributed by atoms with Gasteiger partial charge in [0.1, 0.15) is 5.75 Å². The fraction of sp³-hybridized carbons (Fsp3) is 0.0909. The van der Waals surface area contributed by atoms with Gasteiger partial charge in [0.15, 0.2) is 0 Å². The number of rotatable bonds is 5. The molecule has 0 atom stereocenters. The van der Waals surface area contributed by atoms with Gasteiger partial charge >= 0.3 is 5.97 Å². The summed E-state index contributed by atoms with van der Waals surface area (Å²) in [5.41, 5.74) is 3.24. The highest BCUT2D eigenvalue weighted by Gasteiger charge is 2.11. The second kappa shape index (κ2) is 8.52. The van der Waals surface area contributed by atoms with E-state index < -0.39 is 5.97 Å². The van der Waals surface area contributed by atoms with Crippen LogP contribution in [0.25, 0.3) is 0 Å². The third-order valence-corrected chi connectivity index (χ3v) is 4.24. The Morgan fingerprint density at radius 3 is 2.26 bits per heavy atom. The Balaban J connectivity index is 1.65. The number of carbonyl (C=O) groups excluding carboxylic acids is 1. The van der Waals surface area contributed by atoms with Crippen molar-refractivity contribution in [3.05, 3.63) is 88.9 Å². The van der Waals surface area contributed by atoms with Gasteiger partial charge in [-0.1, -0.05) is 23.7 Å². The molecule has 3 rings (SSSR count). The average molecular weight is 379 g/mol. The molecule has 0 aliphatic rings. The third kappa shape index (κ3) is 4.96. The van der Waals surface area contributed by atoms with Crippen molar-refractivity contribution in [3.8, 4) is 5.75 Å². The topological polar surface area (TPSA) is 41.9 Å². The smallest absolute Gasteiger partial charge is 0.345 e. The van der Waals surface area contributed by atoms with Crippen LogP contribution in [0.4, 0.5) is 11.4 Å². The first-order valence-electron chi connectivity index (χ1n) is 8.41. The van der Waals surface area contributed by atoms with Crippen LogP contribution in [0, 0.1) is 0 Å². The van der Waals surface area contributed by atoms with Gasteiger partial charge in [0, 0.05) is 26.0 Å². The molecule has 0 aromatic heterocycles. The summed E-state index contributed by atoms with van der Waals surface area (Å²) in [6.07, 6.45) is 1.77. The number of nitrogens with zero attached hydrogens (tertiary/aromatic N) is 2. The van der Waals surface area contributed by atoms with Crippen molar-refractivity contribution in [2.45, 2.75) is 0 Å². The zero-order chi connectivity index (χ0) is 19.2. The Kier molecular flexibility index (Phi) is 5.89. The monoisotopic (exact) mass is 378 g/mol. The number of esters is 1. The van der Waals surface area contributed by atoms with E-state index >= 15 is 0 Å². The molecule has 3 aromatic carbocycles. The molecule has 0 bridgehead atoms. The summed E-state index contributed by atoms with van der Waals surface area (Å²) in [4.78, 5) is 18.7. The molecule has 0 radical (unpaired) electrons. The van der Waals surface area contributed by atoms with Gasteiger partial charge in [-0.3, -0.25) is 4.99 Å². The molecule has 0 heterocycles. The van der Waals surface area contributed by atoms with E-state index in [0.29, 0.717) is 16.3 Å². The van der Waals surface area contributed by atoms with E-state index in [1.54, 1.807) is 42.6 Å². The molecule has 3 aromatic rings. The van der Waals surface area contributed by atoms with Gasteiger partial charge in [0.2, 0.25) is 0 Å². The maximum atomic E-state index is 12.2. The summed E-state index contributed by atoms with van der Waals surface area (Å²) in [5.74, 6) is -0.0320. The van der Waals surface area contributed by atoms with Gasteiger partial charge in [-0.25, -0.2) is 4.79 Å². The Hall–Kier alpha value is -3.11. The van der Waals surface area contributed by atoms with Crippen molar-refractivity contribution < 1.29 is 9.53 Å². The van der Waals surface area contributed by atoms with Crippen molar-refractivity contribution in [2.75, 3.05) is 19.0 Å². The highest BCUT2D eigenvalue weighted by Crippen LogP contribution is 2.20. The number of carbonyl (C=O) groups is 1. The van der Waals surface area contributed by atoms with Gasteiger partial charge < -0.3 is 9.64 Å². The third-order valence-electron chi connectivity index (χ3n) is 3.91. The molecule has 0 saturated carbocycles. The molecule has 0 N–H and O–H groups in total. The van der Waals surface area contributed by atoms with Crippen LogP contribution < -0.4 is 9.64 Å². The molecule has 0 aliphatic heterocycles. The molecule has 0 amide bonds.